The number of carbonyl (C=O) groups excluding carboxylic acids is 1. The fourth-order valence-electron chi connectivity index (χ4n) is 1.58. The Labute approximate surface area is 109 Å². The van der Waals surface area contributed by atoms with E-state index in [1.54, 1.807) is 24.3 Å². The molecule has 0 aromatic heterocycles. The molecule has 0 unspecified atom stereocenters. The van der Waals surface area contributed by atoms with E-state index in [9.17, 15) is 4.79 Å². The minimum absolute atomic E-state index is 0.0144. The maximum atomic E-state index is 12.2. The molecule has 0 aliphatic heterocycles. The lowest BCUT2D eigenvalue weighted by Gasteiger charge is -2.04. The van der Waals surface area contributed by atoms with E-state index in [2.05, 4.69) is 15.9 Å². The molecule has 0 saturated carbocycles. The van der Waals surface area contributed by atoms with Gasteiger partial charge in [-0.2, -0.15) is 0 Å². The Bertz CT molecular complexity index is 561. The zero-order valence-electron chi connectivity index (χ0n) is 9.41. The van der Waals surface area contributed by atoms with Gasteiger partial charge in [-0.05, 0) is 55.0 Å². The van der Waals surface area contributed by atoms with E-state index in [1.165, 1.54) is 0 Å². The normalized spacial score (nSPS) is 10.2. The van der Waals surface area contributed by atoms with Crippen LogP contribution >= 0.6 is 15.9 Å². The molecule has 3 heteroatoms. The number of nitrogens with two attached hydrogens (primary N) is 1. The van der Waals surface area contributed by atoms with Crippen LogP contribution in [0.1, 0.15) is 21.5 Å². The number of halogens is 1. The van der Waals surface area contributed by atoms with Crippen LogP contribution in [-0.4, -0.2) is 5.78 Å². The van der Waals surface area contributed by atoms with Crippen LogP contribution in [0.15, 0.2) is 46.9 Å². The van der Waals surface area contributed by atoms with Gasteiger partial charge in [0.25, 0.3) is 0 Å². The largest absolute Gasteiger partial charge is 0.399 e. The molecule has 0 radical (unpaired) electrons. The van der Waals surface area contributed by atoms with E-state index >= 15 is 0 Å². The Morgan fingerprint density at radius 1 is 1.06 bits per heavy atom. The van der Waals surface area contributed by atoms with Gasteiger partial charge in [0, 0.05) is 21.3 Å². The Kier molecular flexibility index (Phi) is 3.29. The number of hydrogen-bond donors (Lipinski definition) is 1. The van der Waals surface area contributed by atoms with Crippen LogP contribution in [0.4, 0.5) is 5.69 Å². The number of anilines is 1. The van der Waals surface area contributed by atoms with Crippen molar-refractivity contribution < 1.29 is 4.79 Å². The van der Waals surface area contributed by atoms with Crippen molar-refractivity contribution in [3.63, 3.8) is 0 Å². The standard InChI is InChI=1S/C14H12BrNO/c1-9-8-11(4-7-13(9)16)14(17)10-2-5-12(15)6-3-10/h2-8H,16H2,1H3. The summed E-state index contributed by atoms with van der Waals surface area (Å²) >= 11 is 3.34. The Balaban J connectivity index is 2.37. The molecule has 2 aromatic carbocycles. The fraction of sp³-hybridized carbons (Fsp3) is 0.0714. The number of benzene rings is 2. The highest BCUT2D eigenvalue weighted by atomic mass is 79.9. The molecule has 0 bridgehead atoms. The summed E-state index contributed by atoms with van der Waals surface area (Å²) in [6.45, 7) is 1.90. The topological polar surface area (TPSA) is 43.1 Å². The van der Waals surface area contributed by atoms with Crippen molar-refractivity contribution in [1.82, 2.24) is 0 Å². The molecule has 0 spiro atoms. The van der Waals surface area contributed by atoms with Crippen LogP contribution in [0.3, 0.4) is 0 Å². The van der Waals surface area contributed by atoms with Crippen molar-refractivity contribution in [2.24, 2.45) is 0 Å². The van der Waals surface area contributed by atoms with Crippen LogP contribution in [0.5, 0.6) is 0 Å². The van der Waals surface area contributed by atoms with Gasteiger partial charge in [-0.1, -0.05) is 15.9 Å². The van der Waals surface area contributed by atoms with E-state index < -0.39 is 0 Å². The number of nitrogen functional groups attached to an aromatic ring is 1. The average molecular weight is 290 g/mol. The summed E-state index contributed by atoms with van der Waals surface area (Å²) < 4.78 is 0.961. The Hall–Kier alpha value is -1.61. The molecule has 2 aromatic rings. The van der Waals surface area contributed by atoms with Gasteiger partial charge in [0.05, 0.1) is 0 Å². The predicted octanol–water partition coefficient (Wildman–Crippen LogP) is 3.57. The van der Waals surface area contributed by atoms with Crippen LogP contribution in [-0.2, 0) is 0 Å². The molecule has 0 saturated heterocycles. The highest BCUT2D eigenvalue weighted by Gasteiger charge is 2.09. The lowest BCUT2D eigenvalue weighted by Crippen LogP contribution is -2.02. The summed E-state index contributed by atoms with van der Waals surface area (Å²) in [5.41, 5.74) is 8.70. The highest BCUT2D eigenvalue weighted by molar-refractivity contribution is 9.10. The van der Waals surface area contributed by atoms with Gasteiger partial charge in [0.2, 0.25) is 0 Å². The number of carbonyl (C=O) groups is 1. The molecule has 0 amide bonds. The molecule has 2 rings (SSSR count). The average Bonchev–Trinajstić information content (AvgIpc) is 2.33. The SMILES string of the molecule is Cc1cc(C(=O)c2ccc(Br)cc2)ccc1N. The van der Waals surface area contributed by atoms with Gasteiger partial charge in [0.15, 0.2) is 5.78 Å². The van der Waals surface area contributed by atoms with Crippen LogP contribution < -0.4 is 5.73 Å². The van der Waals surface area contributed by atoms with E-state index in [-0.39, 0.29) is 5.78 Å². The Morgan fingerprint density at radius 2 is 1.65 bits per heavy atom. The molecule has 0 aliphatic rings. The first-order valence-corrected chi connectivity index (χ1v) is 6.03. The lowest BCUT2D eigenvalue weighted by molar-refractivity contribution is 0.103. The van der Waals surface area contributed by atoms with Gasteiger partial charge in [-0.15, -0.1) is 0 Å². The monoisotopic (exact) mass is 289 g/mol. The van der Waals surface area contributed by atoms with Crippen molar-refractivity contribution >= 4 is 27.4 Å². The van der Waals surface area contributed by atoms with Gasteiger partial charge in [-0.25, -0.2) is 0 Å². The molecule has 0 atom stereocenters. The number of aryl methyl sites for hydroxylation is 1. The van der Waals surface area contributed by atoms with Crippen LogP contribution in [0.25, 0.3) is 0 Å². The first-order valence-electron chi connectivity index (χ1n) is 5.24. The molecule has 2 N–H and O–H groups in total. The first-order chi connectivity index (χ1) is 8.08. The molecule has 0 fully saturated rings. The van der Waals surface area contributed by atoms with Crippen molar-refractivity contribution in [2.45, 2.75) is 6.92 Å². The van der Waals surface area contributed by atoms with E-state index in [4.69, 9.17) is 5.73 Å². The summed E-state index contributed by atoms with van der Waals surface area (Å²) in [5.74, 6) is 0.0144. The Morgan fingerprint density at radius 3 is 2.24 bits per heavy atom. The molecular weight excluding hydrogens is 278 g/mol. The number of hydrogen-bond acceptors (Lipinski definition) is 2. The van der Waals surface area contributed by atoms with Crippen molar-refractivity contribution in [2.75, 3.05) is 5.73 Å². The van der Waals surface area contributed by atoms with Gasteiger partial charge in [-0.3, -0.25) is 4.79 Å². The minimum Gasteiger partial charge on any atom is -0.399 e. The van der Waals surface area contributed by atoms with Gasteiger partial charge < -0.3 is 5.73 Å². The molecule has 86 valence electrons. The van der Waals surface area contributed by atoms with Crippen LogP contribution in [0.2, 0.25) is 0 Å². The van der Waals surface area contributed by atoms with Gasteiger partial charge >= 0.3 is 0 Å². The summed E-state index contributed by atoms with van der Waals surface area (Å²) in [6.07, 6.45) is 0. The zero-order chi connectivity index (χ0) is 12.4. The summed E-state index contributed by atoms with van der Waals surface area (Å²) in [5, 5.41) is 0. The second kappa shape index (κ2) is 4.72. The number of ketones is 1. The summed E-state index contributed by atoms with van der Waals surface area (Å²) in [7, 11) is 0. The minimum atomic E-state index is 0.0144. The summed E-state index contributed by atoms with van der Waals surface area (Å²) in [4.78, 5) is 12.2. The maximum Gasteiger partial charge on any atom is 0.193 e. The van der Waals surface area contributed by atoms with Crippen LogP contribution in [0, 0.1) is 6.92 Å². The summed E-state index contributed by atoms with van der Waals surface area (Å²) in [6, 6.07) is 12.7. The quantitative estimate of drug-likeness (QED) is 0.678. The maximum absolute atomic E-state index is 12.2. The zero-order valence-corrected chi connectivity index (χ0v) is 11.0. The third kappa shape index (κ3) is 2.56. The van der Waals surface area contributed by atoms with Gasteiger partial charge in [0.1, 0.15) is 0 Å². The first kappa shape index (κ1) is 11.9. The molecular formula is C14H12BrNO. The van der Waals surface area contributed by atoms with Crippen molar-refractivity contribution in [3.8, 4) is 0 Å². The van der Waals surface area contributed by atoms with E-state index in [1.807, 2.05) is 25.1 Å². The second-order valence-electron chi connectivity index (χ2n) is 3.91. The third-order valence-electron chi connectivity index (χ3n) is 2.64. The molecule has 2 nitrogen and oxygen atoms in total. The second-order valence-corrected chi connectivity index (χ2v) is 4.82. The smallest absolute Gasteiger partial charge is 0.193 e. The molecule has 17 heavy (non-hydrogen) atoms. The van der Waals surface area contributed by atoms with Crippen molar-refractivity contribution in [1.29, 1.82) is 0 Å². The highest BCUT2D eigenvalue weighted by Crippen LogP contribution is 2.17. The fourth-order valence-corrected chi connectivity index (χ4v) is 1.85. The molecule has 0 heterocycles. The van der Waals surface area contributed by atoms with E-state index in [0.29, 0.717) is 16.8 Å². The van der Waals surface area contributed by atoms with Crippen molar-refractivity contribution in [3.05, 3.63) is 63.6 Å². The molecule has 0 aliphatic carbocycles. The predicted molar refractivity (Wildman–Crippen MR) is 73.2 cm³/mol. The lowest BCUT2D eigenvalue weighted by atomic mass is 10.0. The van der Waals surface area contributed by atoms with E-state index in [0.717, 1.165) is 10.0 Å². The third-order valence-corrected chi connectivity index (χ3v) is 3.17. The number of rotatable bonds is 2.